The first kappa shape index (κ1) is 31.8. The molecule has 8 nitrogen and oxygen atoms in total. The summed E-state index contributed by atoms with van der Waals surface area (Å²) in [6, 6.07) is 20.6. The maximum absolute atomic E-state index is 14.2. The second kappa shape index (κ2) is 12.5. The number of fused-ring (bicyclic) bond motifs is 2. The van der Waals surface area contributed by atoms with E-state index >= 15 is 0 Å². The Labute approximate surface area is 272 Å². The van der Waals surface area contributed by atoms with Gasteiger partial charge in [0, 0.05) is 42.0 Å². The molecule has 0 bridgehead atoms. The van der Waals surface area contributed by atoms with Gasteiger partial charge in [0.15, 0.2) is 8.32 Å². The van der Waals surface area contributed by atoms with Gasteiger partial charge in [-0.3, -0.25) is 9.48 Å². The standard InChI is InChI=1S/C37H45N5O3Si/c1-25(2)27-10-8-26(9-11-27)24-44-29-14-12-28(13-15-29)32-33(30-16-18-38-35-31(30)17-19-39-35)40-42-21-20-41(36(43)34(32)42)22-23-45-46(6,7)37(3,4)5/h8-19,25H,20-24H2,1-7H3,(H,38,39). The first-order valence-corrected chi connectivity index (χ1v) is 19.1. The summed E-state index contributed by atoms with van der Waals surface area (Å²) in [5, 5.41) is 6.13. The van der Waals surface area contributed by atoms with E-state index in [1.807, 2.05) is 52.2 Å². The van der Waals surface area contributed by atoms with Crippen molar-refractivity contribution in [2.75, 3.05) is 19.7 Å². The number of hydrogen-bond acceptors (Lipinski definition) is 5. The van der Waals surface area contributed by atoms with Crippen molar-refractivity contribution in [2.24, 2.45) is 0 Å². The van der Waals surface area contributed by atoms with E-state index in [1.165, 1.54) is 5.56 Å². The maximum Gasteiger partial charge on any atom is 0.272 e. The second-order valence-electron chi connectivity index (χ2n) is 14.0. The summed E-state index contributed by atoms with van der Waals surface area (Å²) >= 11 is 0. The number of aromatic amines is 1. The zero-order valence-electron chi connectivity index (χ0n) is 28.1. The van der Waals surface area contributed by atoms with Gasteiger partial charge < -0.3 is 19.0 Å². The summed E-state index contributed by atoms with van der Waals surface area (Å²) in [5.74, 6) is 1.24. The lowest BCUT2D eigenvalue weighted by Gasteiger charge is -2.37. The minimum atomic E-state index is -1.92. The molecule has 9 heteroatoms. The summed E-state index contributed by atoms with van der Waals surface area (Å²) in [7, 11) is -1.92. The lowest BCUT2D eigenvalue weighted by Crippen LogP contribution is -2.46. The summed E-state index contributed by atoms with van der Waals surface area (Å²) in [5.41, 5.74) is 7.28. The van der Waals surface area contributed by atoms with Gasteiger partial charge in [-0.2, -0.15) is 5.10 Å². The molecule has 3 aromatic heterocycles. The Morgan fingerprint density at radius 3 is 2.41 bits per heavy atom. The molecule has 1 N–H and O–H groups in total. The van der Waals surface area contributed by atoms with Crippen molar-refractivity contribution >= 4 is 25.3 Å². The van der Waals surface area contributed by atoms with Crippen LogP contribution in [0.2, 0.25) is 18.1 Å². The maximum atomic E-state index is 14.2. The third-order valence-electron chi connectivity index (χ3n) is 9.56. The first-order chi connectivity index (χ1) is 21.9. The monoisotopic (exact) mass is 635 g/mol. The van der Waals surface area contributed by atoms with E-state index in [1.54, 1.807) is 6.20 Å². The minimum Gasteiger partial charge on any atom is -0.489 e. The topological polar surface area (TPSA) is 85.3 Å². The van der Waals surface area contributed by atoms with Crippen molar-refractivity contribution in [1.29, 1.82) is 0 Å². The average molecular weight is 636 g/mol. The van der Waals surface area contributed by atoms with Crippen LogP contribution in [0.3, 0.4) is 0 Å². The average Bonchev–Trinajstić information content (AvgIpc) is 3.67. The molecule has 5 aromatic rings. The van der Waals surface area contributed by atoms with Gasteiger partial charge in [-0.05, 0) is 65.0 Å². The summed E-state index contributed by atoms with van der Waals surface area (Å²) in [6.45, 7) is 18.4. The van der Waals surface area contributed by atoms with Gasteiger partial charge in [-0.1, -0.05) is 71.0 Å². The Hall–Kier alpha value is -4.21. The number of ether oxygens (including phenoxy) is 1. The van der Waals surface area contributed by atoms with E-state index in [0.717, 1.165) is 44.7 Å². The van der Waals surface area contributed by atoms with Crippen LogP contribution in [-0.2, 0) is 17.6 Å². The Balaban J connectivity index is 1.30. The number of carbonyl (C=O) groups excluding carboxylic acids is 1. The van der Waals surface area contributed by atoms with Crippen LogP contribution in [0.5, 0.6) is 5.75 Å². The number of benzene rings is 2. The first-order valence-electron chi connectivity index (χ1n) is 16.2. The van der Waals surface area contributed by atoms with Crippen LogP contribution in [0, 0.1) is 0 Å². The highest BCUT2D eigenvalue weighted by Crippen LogP contribution is 2.40. The molecule has 0 atom stereocenters. The second-order valence-corrected chi connectivity index (χ2v) is 18.8. The lowest BCUT2D eigenvalue weighted by molar-refractivity contribution is 0.0666. The molecule has 0 aliphatic carbocycles. The number of pyridine rings is 1. The van der Waals surface area contributed by atoms with Crippen molar-refractivity contribution in [1.82, 2.24) is 24.6 Å². The highest BCUT2D eigenvalue weighted by Gasteiger charge is 2.38. The molecular weight excluding hydrogens is 591 g/mol. The number of carbonyl (C=O) groups is 1. The van der Waals surface area contributed by atoms with Crippen molar-refractivity contribution in [3.8, 4) is 28.1 Å². The van der Waals surface area contributed by atoms with Gasteiger partial charge in [0.05, 0.1) is 13.2 Å². The van der Waals surface area contributed by atoms with Gasteiger partial charge in [0.1, 0.15) is 29.4 Å². The van der Waals surface area contributed by atoms with Crippen LogP contribution in [0.1, 0.15) is 62.2 Å². The third kappa shape index (κ3) is 6.26. The Morgan fingerprint density at radius 1 is 0.978 bits per heavy atom. The van der Waals surface area contributed by atoms with Crippen molar-refractivity contribution in [3.05, 3.63) is 89.9 Å². The van der Waals surface area contributed by atoms with E-state index in [0.29, 0.717) is 44.5 Å². The number of amides is 1. The molecule has 0 saturated carbocycles. The van der Waals surface area contributed by atoms with Crippen LogP contribution in [0.25, 0.3) is 33.4 Å². The molecule has 6 rings (SSSR count). The van der Waals surface area contributed by atoms with E-state index in [4.69, 9.17) is 14.3 Å². The summed E-state index contributed by atoms with van der Waals surface area (Å²) in [4.78, 5) is 23.8. The number of nitrogens with zero attached hydrogens (tertiary/aromatic N) is 4. The molecule has 1 amide bonds. The zero-order chi connectivity index (χ0) is 32.6. The molecule has 1 aliphatic heterocycles. The van der Waals surface area contributed by atoms with Crippen LogP contribution < -0.4 is 4.74 Å². The molecule has 0 spiro atoms. The Morgan fingerprint density at radius 2 is 1.72 bits per heavy atom. The van der Waals surface area contributed by atoms with Crippen LogP contribution in [0.15, 0.2) is 73.1 Å². The molecule has 46 heavy (non-hydrogen) atoms. The SMILES string of the molecule is CC(C)c1ccc(COc2ccc(-c3c(-c4ccnc5[nH]ccc45)nn4c3C(=O)N(CCO[Si](C)(C)C(C)(C)C)CC4)cc2)cc1. The normalized spacial score (nSPS) is 13.9. The van der Waals surface area contributed by atoms with Gasteiger partial charge in [0.2, 0.25) is 0 Å². The van der Waals surface area contributed by atoms with Crippen molar-refractivity contribution in [3.63, 3.8) is 0 Å². The molecule has 0 saturated heterocycles. The summed E-state index contributed by atoms with van der Waals surface area (Å²) < 4.78 is 14.5. The van der Waals surface area contributed by atoms with E-state index in [-0.39, 0.29) is 10.9 Å². The number of nitrogens with one attached hydrogen (secondary N) is 1. The van der Waals surface area contributed by atoms with Gasteiger partial charge in [-0.15, -0.1) is 0 Å². The van der Waals surface area contributed by atoms with E-state index in [2.05, 4.69) is 81.9 Å². The molecule has 0 unspecified atom stereocenters. The lowest BCUT2D eigenvalue weighted by atomic mass is 9.97. The fourth-order valence-corrected chi connectivity index (χ4v) is 6.70. The van der Waals surface area contributed by atoms with Gasteiger partial charge in [0.25, 0.3) is 5.91 Å². The molecule has 1 aliphatic rings. The Bertz CT molecular complexity index is 1830. The zero-order valence-corrected chi connectivity index (χ0v) is 29.1. The van der Waals surface area contributed by atoms with Crippen molar-refractivity contribution < 1.29 is 14.0 Å². The molecule has 4 heterocycles. The molecule has 0 fully saturated rings. The predicted molar refractivity (Wildman–Crippen MR) is 187 cm³/mol. The fourth-order valence-electron chi connectivity index (χ4n) is 5.66. The number of aromatic nitrogens is 4. The van der Waals surface area contributed by atoms with Crippen molar-refractivity contribution in [2.45, 2.75) is 71.8 Å². The quantitative estimate of drug-likeness (QED) is 0.156. The van der Waals surface area contributed by atoms with Crippen LogP contribution >= 0.6 is 0 Å². The smallest absolute Gasteiger partial charge is 0.272 e. The van der Waals surface area contributed by atoms with E-state index < -0.39 is 8.32 Å². The van der Waals surface area contributed by atoms with Gasteiger partial charge in [-0.25, -0.2) is 4.98 Å². The molecule has 2 aromatic carbocycles. The van der Waals surface area contributed by atoms with Crippen LogP contribution in [0.4, 0.5) is 0 Å². The minimum absolute atomic E-state index is 0.0247. The molecular formula is C37H45N5O3Si. The van der Waals surface area contributed by atoms with E-state index in [9.17, 15) is 4.79 Å². The largest absolute Gasteiger partial charge is 0.489 e. The molecule has 240 valence electrons. The number of H-pyrrole nitrogens is 1. The number of rotatable bonds is 10. The highest BCUT2D eigenvalue weighted by molar-refractivity contribution is 6.74. The number of hydrogen-bond donors (Lipinski definition) is 1. The fraction of sp³-hybridized carbons (Fsp3) is 0.378. The predicted octanol–water partition coefficient (Wildman–Crippen LogP) is 8.27. The highest BCUT2D eigenvalue weighted by atomic mass is 28.4. The summed E-state index contributed by atoms with van der Waals surface area (Å²) in [6.07, 6.45) is 3.67. The Kier molecular flexibility index (Phi) is 8.65. The van der Waals surface area contributed by atoms with Crippen LogP contribution in [-0.4, -0.2) is 58.6 Å². The molecule has 0 radical (unpaired) electrons. The third-order valence-corrected chi connectivity index (χ3v) is 14.1. The van der Waals surface area contributed by atoms with Gasteiger partial charge >= 0.3 is 0 Å².